The van der Waals surface area contributed by atoms with Gasteiger partial charge in [-0.2, -0.15) is 9.97 Å². The van der Waals surface area contributed by atoms with E-state index in [0.29, 0.717) is 16.9 Å². The Morgan fingerprint density at radius 3 is 2.46 bits per heavy atom. The molecule has 0 saturated heterocycles. The van der Waals surface area contributed by atoms with Crippen molar-refractivity contribution in [2.75, 3.05) is 23.9 Å². The average Bonchev–Trinajstić information content (AvgIpc) is 3.32. The van der Waals surface area contributed by atoms with Crippen LogP contribution in [0.2, 0.25) is 5.02 Å². The second kappa shape index (κ2) is 10.4. The SMILES string of the molecule is COc1cc(N2Cc3ccccc3C2)nc(NC(=S)NCC2(c3cccc(Cl)c3)CCCCC2)n1. The maximum Gasteiger partial charge on any atom is 0.234 e. The van der Waals surface area contributed by atoms with Crippen molar-refractivity contribution in [1.82, 2.24) is 15.3 Å². The summed E-state index contributed by atoms with van der Waals surface area (Å²) in [5.74, 6) is 1.73. The number of anilines is 2. The first-order valence-corrected chi connectivity index (χ1v) is 12.9. The van der Waals surface area contributed by atoms with Crippen molar-refractivity contribution in [1.29, 1.82) is 0 Å². The number of nitrogens with one attached hydrogen (secondary N) is 2. The summed E-state index contributed by atoms with van der Waals surface area (Å²) >= 11 is 12.0. The molecule has 0 amide bonds. The molecule has 1 aromatic heterocycles. The van der Waals surface area contributed by atoms with Crippen LogP contribution in [0, 0.1) is 0 Å². The number of hydrogen-bond donors (Lipinski definition) is 2. The molecule has 0 unspecified atom stereocenters. The lowest BCUT2D eigenvalue weighted by Gasteiger charge is -2.38. The zero-order valence-corrected chi connectivity index (χ0v) is 21.5. The number of hydrogen-bond acceptors (Lipinski definition) is 5. The number of rotatable bonds is 6. The van der Waals surface area contributed by atoms with Crippen molar-refractivity contribution in [3.05, 3.63) is 76.3 Å². The van der Waals surface area contributed by atoms with Gasteiger partial charge in [0, 0.05) is 36.1 Å². The Morgan fingerprint density at radius 1 is 1.03 bits per heavy atom. The van der Waals surface area contributed by atoms with E-state index in [1.807, 2.05) is 18.2 Å². The number of benzene rings is 2. The van der Waals surface area contributed by atoms with Crippen LogP contribution in [0.1, 0.15) is 48.8 Å². The van der Waals surface area contributed by atoms with Crippen molar-refractivity contribution in [2.45, 2.75) is 50.6 Å². The van der Waals surface area contributed by atoms with E-state index < -0.39 is 0 Å². The number of methoxy groups -OCH3 is 1. The maximum absolute atomic E-state index is 6.33. The molecule has 1 fully saturated rings. The van der Waals surface area contributed by atoms with Gasteiger partial charge in [-0.05, 0) is 53.9 Å². The Balaban J connectivity index is 1.29. The van der Waals surface area contributed by atoms with Gasteiger partial charge in [0.1, 0.15) is 5.82 Å². The van der Waals surface area contributed by atoms with Crippen molar-refractivity contribution < 1.29 is 4.74 Å². The first kappa shape index (κ1) is 23.8. The molecule has 0 radical (unpaired) electrons. The molecule has 0 bridgehead atoms. The third-order valence-corrected chi connectivity index (χ3v) is 7.60. The van der Waals surface area contributed by atoms with Gasteiger partial charge in [0.15, 0.2) is 5.11 Å². The van der Waals surface area contributed by atoms with Crippen LogP contribution in [0.4, 0.5) is 11.8 Å². The molecule has 35 heavy (non-hydrogen) atoms. The summed E-state index contributed by atoms with van der Waals surface area (Å²) in [6.07, 6.45) is 5.90. The first-order chi connectivity index (χ1) is 17.0. The fraction of sp³-hybridized carbons (Fsp3) is 0.370. The highest BCUT2D eigenvalue weighted by Crippen LogP contribution is 2.39. The van der Waals surface area contributed by atoms with E-state index in [1.165, 1.54) is 36.0 Å². The third-order valence-electron chi connectivity index (χ3n) is 7.12. The van der Waals surface area contributed by atoms with Crippen molar-refractivity contribution >= 4 is 40.7 Å². The van der Waals surface area contributed by atoms with Crippen LogP contribution in [0.15, 0.2) is 54.6 Å². The van der Waals surface area contributed by atoms with Crippen LogP contribution in [0.5, 0.6) is 5.88 Å². The number of fused-ring (bicyclic) bond motifs is 1. The minimum Gasteiger partial charge on any atom is -0.481 e. The lowest BCUT2D eigenvalue weighted by atomic mass is 9.69. The maximum atomic E-state index is 6.33. The van der Waals surface area contributed by atoms with Crippen LogP contribution in [0.3, 0.4) is 0 Å². The predicted molar refractivity (Wildman–Crippen MR) is 145 cm³/mol. The minimum atomic E-state index is 0.0105. The molecular formula is C27H30ClN5OS. The van der Waals surface area contributed by atoms with E-state index in [2.05, 4.69) is 56.9 Å². The fourth-order valence-corrected chi connectivity index (χ4v) is 5.59. The molecule has 182 valence electrons. The number of thiocarbonyl (C=S) groups is 1. The van der Waals surface area contributed by atoms with Gasteiger partial charge in [-0.25, -0.2) is 0 Å². The standard InChI is InChI=1S/C27H30ClN5OS/c1-34-24-15-23(33-16-19-8-3-4-9-20(19)17-33)30-25(31-24)32-26(35)29-18-27(12-5-2-6-13-27)21-10-7-11-22(28)14-21/h3-4,7-11,14-15H,2,5-6,12-13,16-18H2,1H3,(H2,29,30,31,32,35). The minimum absolute atomic E-state index is 0.0105. The summed E-state index contributed by atoms with van der Waals surface area (Å²) in [5, 5.41) is 7.90. The van der Waals surface area contributed by atoms with Crippen LogP contribution < -0.4 is 20.3 Å². The molecule has 5 rings (SSSR count). The van der Waals surface area contributed by atoms with Gasteiger partial charge in [0.2, 0.25) is 11.8 Å². The topological polar surface area (TPSA) is 62.3 Å². The molecule has 0 atom stereocenters. The number of aromatic nitrogens is 2. The molecular weight excluding hydrogens is 478 g/mol. The van der Waals surface area contributed by atoms with Gasteiger partial charge in [-0.1, -0.05) is 67.3 Å². The molecule has 1 saturated carbocycles. The van der Waals surface area contributed by atoms with E-state index in [4.69, 9.17) is 33.5 Å². The summed E-state index contributed by atoms with van der Waals surface area (Å²) in [6.45, 7) is 2.35. The van der Waals surface area contributed by atoms with E-state index in [1.54, 1.807) is 7.11 Å². The number of nitrogens with zero attached hydrogens (tertiary/aromatic N) is 3. The molecule has 2 aromatic carbocycles. The van der Waals surface area contributed by atoms with Gasteiger partial charge < -0.3 is 20.3 Å². The van der Waals surface area contributed by atoms with Gasteiger partial charge in [0.25, 0.3) is 0 Å². The molecule has 1 aliphatic heterocycles. The van der Waals surface area contributed by atoms with Crippen molar-refractivity contribution in [3.63, 3.8) is 0 Å². The summed E-state index contributed by atoms with van der Waals surface area (Å²) < 4.78 is 5.46. The van der Waals surface area contributed by atoms with E-state index >= 15 is 0 Å². The van der Waals surface area contributed by atoms with Crippen molar-refractivity contribution in [2.24, 2.45) is 0 Å². The van der Waals surface area contributed by atoms with Gasteiger partial charge >= 0.3 is 0 Å². The Labute approximate surface area is 217 Å². The Hall–Kier alpha value is -2.90. The molecule has 2 aliphatic rings. The largest absolute Gasteiger partial charge is 0.481 e. The zero-order valence-electron chi connectivity index (χ0n) is 19.9. The van der Waals surface area contributed by atoms with Gasteiger partial charge in [0.05, 0.1) is 7.11 Å². The summed E-state index contributed by atoms with van der Waals surface area (Å²) in [4.78, 5) is 11.4. The zero-order chi connectivity index (χ0) is 24.3. The summed E-state index contributed by atoms with van der Waals surface area (Å²) in [5.41, 5.74) is 3.91. The third kappa shape index (κ3) is 5.36. The fourth-order valence-electron chi connectivity index (χ4n) is 5.24. The van der Waals surface area contributed by atoms with Crippen LogP contribution >= 0.6 is 23.8 Å². The molecule has 1 aliphatic carbocycles. The van der Waals surface area contributed by atoms with E-state index in [-0.39, 0.29) is 5.41 Å². The second-order valence-corrected chi connectivity index (χ2v) is 10.2. The monoisotopic (exact) mass is 507 g/mol. The summed E-state index contributed by atoms with van der Waals surface area (Å²) in [6, 6.07) is 18.6. The van der Waals surface area contributed by atoms with Crippen LogP contribution in [0.25, 0.3) is 0 Å². The molecule has 2 N–H and O–H groups in total. The van der Waals surface area contributed by atoms with E-state index in [9.17, 15) is 0 Å². The van der Waals surface area contributed by atoms with E-state index in [0.717, 1.165) is 43.3 Å². The molecule has 2 heterocycles. The Morgan fingerprint density at radius 2 is 1.77 bits per heavy atom. The molecule has 6 nitrogen and oxygen atoms in total. The van der Waals surface area contributed by atoms with Crippen LogP contribution in [-0.4, -0.2) is 28.7 Å². The lowest BCUT2D eigenvalue weighted by Crippen LogP contribution is -2.43. The Bertz CT molecular complexity index is 1190. The smallest absolute Gasteiger partial charge is 0.234 e. The predicted octanol–water partition coefficient (Wildman–Crippen LogP) is 5.85. The highest BCUT2D eigenvalue weighted by molar-refractivity contribution is 7.80. The Kier molecular flexibility index (Phi) is 7.07. The van der Waals surface area contributed by atoms with Gasteiger partial charge in [-0.3, -0.25) is 0 Å². The number of ether oxygens (including phenoxy) is 1. The molecule has 8 heteroatoms. The second-order valence-electron chi connectivity index (χ2n) is 9.38. The highest BCUT2D eigenvalue weighted by Gasteiger charge is 2.34. The van der Waals surface area contributed by atoms with Crippen LogP contribution in [-0.2, 0) is 18.5 Å². The lowest BCUT2D eigenvalue weighted by molar-refractivity contribution is 0.292. The normalized spacial score (nSPS) is 16.5. The molecule has 3 aromatic rings. The highest BCUT2D eigenvalue weighted by atomic mass is 35.5. The number of halogens is 1. The van der Waals surface area contributed by atoms with Crippen molar-refractivity contribution in [3.8, 4) is 5.88 Å². The molecule has 0 spiro atoms. The first-order valence-electron chi connectivity index (χ1n) is 12.1. The quantitative estimate of drug-likeness (QED) is 0.406. The van der Waals surface area contributed by atoms with Gasteiger partial charge in [-0.15, -0.1) is 0 Å². The summed E-state index contributed by atoms with van der Waals surface area (Å²) in [7, 11) is 1.61. The average molecular weight is 508 g/mol.